The summed E-state index contributed by atoms with van der Waals surface area (Å²) < 4.78 is 4.43. The summed E-state index contributed by atoms with van der Waals surface area (Å²) in [6, 6.07) is 14.5. The average molecular weight is 333 g/mol. The minimum Gasteiger partial charge on any atom is -0.348 e. The fourth-order valence-electron chi connectivity index (χ4n) is 3.49. The molecule has 1 amide bonds. The molecule has 1 aliphatic carbocycles. The highest BCUT2D eigenvalue weighted by molar-refractivity contribution is 5.94. The summed E-state index contributed by atoms with van der Waals surface area (Å²) in [5, 5.41) is 3.05. The lowest BCUT2D eigenvalue weighted by atomic mass is 10.2. The Labute approximate surface area is 148 Å². The molecular weight excluding hydrogens is 310 g/mol. The molecule has 4 nitrogen and oxygen atoms in total. The van der Waals surface area contributed by atoms with Crippen molar-refractivity contribution in [3.63, 3.8) is 0 Å². The van der Waals surface area contributed by atoms with Crippen LogP contribution in [0.2, 0.25) is 0 Å². The van der Waals surface area contributed by atoms with Crippen LogP contribution in [0.4, 0.5) is 0 Å². The summed E-state index contributed by atoms with van der Waals surface area (Å²) in [5.41, 5.74) is 5.52. The molecule has 0 radical (unpaired) electrons. The first-order valence-electron chi connectivity index (χ1n) is 8.82. The van der Waals surface area contributed by atoms with Crippen LogP contribution in [0.15, 0.2) is 54.9 Å². The van der Waals surface area contributed by atoms with E-state index in [9.17, 15) is 4.79 Å². The van der Waals surface area contributed by atoms with Crippen LogP contribution in [-0.4, -0.2) is 15.0 Å². The Balaban J connectivity index is 1.43. The molecule has 25 heavy (non-hydrogen) atoms. The Hall–Kier alpha value is -2.75. The van der Waals surface area contributed by atoms with Crippen LogP contribution in [0.1, 0.15) is 46.2 Å². The molecule has 1 saturated carbocycles. The lowest BCUT2D eigenvalue weighted by molar-refractivity contribution is 0.0951. The number of benzene rings is 1. The number of aryl methyl sites for hydroxylation is 1. The van der Waals surface area contributed by atoms with E-state index in [1.165, 1.54) is 29.8 Å². The quantitative estimate of drug-likeness (QED) is 0.748. The highest BCUT2D eigenvalue weighted by Gasteiger charge is 2.26. The fraction of sp³-hybridized carbons (Fsp3) is 0.286. The molecule has 2 aromatic heterocycles. The monoisotopic (exact) mass is 333 g/mol. The van der Waals surface area contributed by atoms with Crippen LogP contribution in [0, 0.1) is 13.8 Å². The maximum absolute atomic E-state index is 12.4. The van der Waals surface area contributed by atoms with Gasteiger partial charge in [0.15, 0.2) is 0 Å². The molecule has 2 heterocycles. The predicted octanol–water partition coefficient (Wildman–Crippen LogP) is 4.16. The van der Waals surface area contributed by atoms with Crippen molar-refractivity contribution in [2.45, 2.75) is 39.3 Å². The van der Waals surface area contributed by atoms with Gasteiger partial charge in [-0.05, 0) is 74.7 Å². The van der Waals surface area contributed by atoms with Crippen LogP contribution in [0.3, 0.4) is 0 Å². The minimum atomic E-state index is -0.0321. The lowest BCUT2D eigenvalue weighted by Gasteiger charge is -2.09. The number of aromatic nitrogens is 2. The zero-order chi connectivity index (χ0) is 17.4. The van der Waals surface area contributed by atoms with Crippen LogP contribution in [-0.2, 0) is 6.54 Å². The summed E-state index contributed by atoms with van der Waals surface area (Å²) in [5.74, 6) is -0.0321. The van der Waals surface area contributed by atoms with Crippen molar-refractivity contribution < 1.29 is 4.79 Å². The molecule has 1 aliphatic rings. The topological polar surface area (TPSA) is 39.0 Å². The second kappa shape index (κ2) is 6.28. The van der Waals surface area contributed by atoms with Gasteiger partial charge in [0.2, 0.25) is 0 Å². The van der Waals surface area contributed by atoms with Gasteiger partial charge in [0, 0.05) is 47.6 Å². The number of nitrogens with zero attached hydrogens (tertiary/aromatic N) is 2. The number of hydrogen-bond donors (Lipinski definition) is 1. The second-order valence-corrected chi connectivity index (χ2v) is 6.82. The molecular formula is C21H23N3O. The minimum absolute atomic E-state index is 0.0321. The summed E-state index contributed by atoms with van der Waals surface area (Å²) in [6.07, 6.45) is 6.53. The normalized spacial score (nSPS) is 13.8. The zero-order valence-corrected chi connectivity index (χ0v) is 14.7. The molecule has 0 aliphatic heterocycles. The molecule has 0 atom stereocenters. The van der Waals surface area contributed by atoms with Crippen molar-refractivity contribution in [1.82, 2.24) is 14.5 Å². The fourth-order valence-corrected chi connectivity index (χ4v) is 3.49. The molecule has 0 spiro atoms. The van der Waals surface area contributed by atoms with Gasteiger partial charge >= 0.3 is 0 Å². The molecule has 0 unspecified atom stereocenters. The maximum Gasteiger partial charge on any atom is 0.251 e. The smallest absolute Gasteiger partial charge is 0.251 e. The predicted molar refractivity (Wildman–Crippen MR) is 99.1 cm³/mol. The van der Waals surface area contributed by atoms with Crippen LogP contribution in [0.5, 0.6) is 0 Å². The molecule has 0 saturated heterocycles. The maximum atomic E-state index is 12.4. The standard InChI is InChI=1S/C21H23N3O/c1-15-13-18(16(2)24(15)20-9-10-20)14-22-21(25)17-5-7-19(8-6-17)23-11-3-4-12-23/h3-8,11-13,20H,9-10,14H2,1-2H3,(H,22,25). The number of carbonyl (C=O) groups is 1. The number of amides is 1. The molecule has 0 bridgehead atoms. The third-order valence-corrected chi connectivity index (χ3v) is 4.97. The third-order valence-electron chi connectivity index (χ3n) is 4.97. The van der Waals surface area contributed by atoms with Gasteiger partial charge in [0.25, 0.3) is 5.91 Å². The highest BCUT2D eigenvalue weighted by Crippen LogP contribution is 2.38. The number of nitrogens with one attached hydrogen (secondary N) is 1. The van der Waals surface area contributed by atoms with Gasteiger partial charge in [-0.25, -0.2) is 0 Å². The number of rotatable bonds is 5. The lowest BCUT2D eigenvalue weighted by Crippen LogP contribution is -2.23. The van der Waals surface area contributed by atoms with Crippen LogP contribution < -0.4 is 5.32 Å². The van der Waals surface area contributed by atoms with Crippen molar-refractivity contribution in [1.29, 1.82) is 0 Å². The van der Waals surface area contributed by atoms with Gasteiger partial charge in [-0.2, -0.15) is 0 Å². The largest absolute Gasteiger partial charge is 0.348 e. The van der Waals surface area contributed by atoms with Crippen molar-refractivity contribution in [2.24, 2.45) is 0 Å². The first-order valence-corrected chi connectivity index (χ1v) is 8.82. The van der Waals surface area contributed by atoms with Gasteiger partial charge in [0.1, 0.15) is 0 Å². The van der Waals surface area contributed by atoms with E-state index in [1.54, 1.807) is 0 Å². The van der Waals surface area contributed by atoms with Gasteiger partial charge in [-0.15, -0.1) is 0 Å². The van der Waals surface area contributed by atoms with Crippen molar-refractivity contribution >= 4 is 5.91 Å². The average Bonchev–Trinajstić information content (AvgIpc) is 3.20. The van der Waals surface area contributed by atoms with Crippen molar-refractivity contribution in [2.75, 3.05) is 0 Å². The summed E-state index contributed by atoms with van der Waals surface area (Å²) in [4.78, 5) is 12.4. The first kappa shape index (κ1) is 15.8. The Morgan fingerprint density at radius 1 is 1.12 bits per heavy atom. The van der Waals surface area contributed by atoms with Gasteiger partial charge in [0.05, 0.1) is 0 Å². The van der Waals surface area contributed by atoms with E-state index in [0.29, 0.717) is 18.2 Å². The van der Waals surface area contributed by atoms with Crippen molar-refractivity contribution in [3.05, 3.63) is 77.4 Å². The summed E-state index contributed by atoms with van der Waals surface area (Å²) in [7, 11) is 0. The van der Waals surface area contributed by atoms with Gasteiger partial charge in [-0.3, -0.25) is 4.79 Å². The molecule has 3 aromatic rings. The second-order valence-electron chi connectivity index (χ2n) is 6.82. The molecule has 128 valence electrons. The van der Waals surface area contributed by atoms with E-state index in [2.05, 4.69) is 29.8 Å². The molecule has 1 fully saturated rings. The first-order chi connectivity index (χ1) is 12.1. The SMILES string of the molecule is Cc1cc(CNC(=O)c2ccc(-n3cccc3)cc2)c(C)n1C1CC1. The molecule has 1 aromatic carbocycles. The molecule has 4 heteroatoms. The summed E-state index contributed by atoms with van der Waals surface area (Å²) >= 11 is 0. The Bertz CT molecular complexity index is 884. The van der Waals surface area contributed by atoms with Gasteiger partial charge in [-0.1, -0.05) is 0 Å². The van der Waals surface area contributed by atoms with Crippen molar-refractivity contribution in [3.8, 4) is 5.69 Å². The van der Waals surface area contributed by atoms with E-state index in [1.807, 2.05) is 53.4 Å². The highest BCUT2D eigenvalue weighted by atomic mass is 16.1. The number of hydrogen-bond acceptors (Lipinski definition) is 1. The molecule has 1 N–H and O–H groups in total. The zero-order valence-electron chi connectivity index (χ0n) is 14.7. The summed E-state index contributed by atoms with van der Waals surface area (Å²) in [6.45, 7) is 4.87. The van der Waals surface area contributed by atoms with Gasteiger partial charge < -0.3 is 14.5 Å². The van der Waals surface area contributed by atoms with E-state index < -0.39 is 0 Å². The Kier molecular flexibility index (Phi) is 3.96. The van der Waals surface area contributed by atoms with E-state index >= 15 is 0 Å². The van der Waals surface area contributed by atoms with Crippen LogP contribution >= 0.6 is 0 Å². The van der Waals surface area contributed by atoms with E-state index in [4.69, 9.17) is 0 Å². The third kappa shape index (κ3) is 3.12. The Morgan fingerprint density at radius 3 is 2.44 bits per heavy atom. The van der Waals surface area contributed by atoms with E-state index in [0.717, 1.165) is 5.69 Å². The molecule has 4 rings (SSSR count). The number of carbonyl (C=O) groups excluding carboxylic acids is 1. The van der Waals surface area contributed by atoms with E-state index in [-0.39, 0.29) is 5.91 Å². The Morgan fingerprint density at radius 2 is 1.80 bits per heavy atom. The van der Waals surface area contributed by atoms with Crippen LogP contribution in [0.25, 0.3) is 5.69 Å².